The van der Waals surface area contributed by atoms with Gasteiger partial charge in [0.1, 0.15) is 19.0 Å². The van der Waals surface area contributed by atoms with Crippen molar-refractivity contribution in [1.82, 2.24) is 9.97 Å². The van der Waals surface area contributed by atoms with E-state index < -0.39 is 0 Å². The van der Waals surface area contributed by atoms with E-state index in [1.807, 2.05) is 12.4 Å². The molecule has 28 heavy (non-hydrogen) atoms. The molecule has 0 saturated carbocycles. The summed E-state index contributed by atoms with van der Waals surface area (Å²) in [6, 6.07) is 4.16. The Hall–Kier alpha value is -2.30. The topological polar surface area (TPSA) is 53.5 Å². The first-order chi connectivity index (χ1) is 13.3. The zero-order chi connectivity index (χ0) is 19.9. The summed E-state index contributed by atoms with van der Waals surface area (Å²) in [5.41, 5.74) is 3.40. The summed E-state index contributed by atoms with van der Waals surface area (Å²) in [4.78, 5) is 9.08. The van der Waals surface area contributed by atoms with Crippen LogP contribution in [0.4, 0.5) is 0 Å². The minimum atomic E-state index is -0.105. The first-order valence-corrected chi connectivity index (χ1v) is 10.1. The Labute approximate surface area is 167 Å². The van der Waals surface area contributed by atoms with Crippen LogP contribution in [-0.2, 0) is 10.8 Å². The maximum atomic E-state index is 6.10. The smallest absolute Gasteiger partial charge is 0.257 e. The van der Waals surface area contributed by atoms with Gasteiger partial charge in [0.15, 0.2) is 5.75 Å². The fourth-order valence-corrected chi connectivity index (χ4v) is 4.35. The van der Waals surface area contributed by atoms with E-state index in [0.29, 0.717) is 25.0 Å². The second kappa shape index (κ2) is 6.94. The van der Waals surface area contributed by atoms with Crippen LogP contribution in [0.5, 0.6) is 17.4 Å². The largest absolute Gasteiger partial charge is 0.491 e. The molecular formula is C23H30N2O3. The molecule has 0 N–H and O–H groups in total. The molecule has 4 rings (SSSR count). The van der Waals surface area contributed by atoms with E-state index in [-0.39, 0.29) is 10.8 Å². The third kappa shape index (κ3) is 3.43. The zero-order valence-electron chi connectivity index (χ0n) is 17.5. The van der Waals surface area contributed by atoms with Gasteiger partial charge in [-0.15, -0.1) is 0 Å². The number of hydrogen-bond donors (Lipinski definition) is 0. The van der Waals surface area contributed by atoms with Gasteiger partial charge in [0, 0.05) is 29.4 Å². The first-order valence-electron chi connectivity index (χ1n) is 10.1. The zero-order valence-corrected chi connectivity index (χ0v) is 17.5. The van der Waals surface area contributed by atoms with Gasteiger partial charge in [0.25, 0.3) is 5.88 Å². The quantitative estimate of drug-likeness (QED) is 0.765. The van der Waals surface area contributed by atoms with Gasteiger partial charge < -0.3 is 14.2 Å². The van der Waals surface area contributed by atoms with Crippen molar-refractivity contribution in [3.8, 4) is 17.4 Å². The predicted octanol–water partition coefficient (Wildman–Crippen LogP) is 4.78. The van der Waals surface area contributed by atoms with Crippen LogP contribution in [0.2, 0.25) is 0 Å². The number of nitrogens with zero attached hydrogens (tertiary/aromatic N) is 2. The van der Waals surface area contributed by atoms with Crippen LogP contribution < -0.4 is 14.2 Å². The summed E-state index contributed by atoms with van der Waals surface area (Å²) < 4.78 is 17.7. The molecule has 0 amide bonds. The number of hydrogen-bond acceptors (Lipinski definition) is 5. The van der Waals surface area contributed by atoms with Crippen molar-refractivity contribution in [3.05, 3.63) is 41.3 Å². The van der Waals surface area contributed by atoms with Gasteiger partial charge in [-0.1, -0.05) is 34.6 Å². The normalized spacial score (nSPS) is 19.0. The number of rotatable bonds is 3. The summed E-state index contributed by atoms with van der Waals surface area (Å²) >= 11 is 0. The van der Waals surface area contributed by atoms with Crippen molar-refractivity contribution >= 4 is 0 Å². The van der Waals surface area contributed by atoms with Crippen LogP contribution in [-0.4, -0.2) is 29.8 Å². The van der Waals surface area contributed by atoms with E-state index in [9.17, 15) is 0 Å². The molecule has 0 aliphatic carbocycles. The maximum absolute atomic E-state index is 6.10. The average molecular weight is 383 g/mol. The van der Waals surface area contributed by atoms with Crippen molar-refractivity contribution in [2.75, 3.05) is 19.8 Å². The highest BCUT2D eigenvalue weighted by Gasteiger charge is 2.36. The lowest BCUT2D eigenvalue weighted by Gasteiger charge is -2.36. The average Bonchev–Trinajstić information content (AvgIpc) is 2.66. The number of aromatic nitrogens is 2. The molecule has 1 atom stereocenters. The Morgan fingerprint density at radius 1 is 0.857 bits per heavy atom. The van der Waals surface area contributed by atoms with Gasteiger partial charge in [-0.2, -0.15) is 0 Å². The Morgan fingerprint density at radius 3 is 2.32 bits per heavy atom. The predicted molar refractivity (Wildman–Crippen MR) is 109 cm³/mol. The van der Waals surface area contributed by atoms with Crippen LogP contribution in [0, 0.1) is 0 Å². The molecule has 0 bridgehead atoms. The summed E-state index contributed by atoms with van der Waals surface area (Å²) in [7, 11) is 0. The lowest BCUT2D eigenvalue weighted by atomic mass is 9.74. The molecule has 0 saturated heterocycles. The molecule has 1 unspecified atom stereocenters. The minimum Gasteiger partial charge on any atom is -0.491 e. The standard InChI is InChI=1S/C23H30N2O3/c1-22(2,3)16-6-9-24-18-15(8-11-26-19(16)18)14-23(4,5)17-7-10-25-21-20(17)27-12-13-28-21/h6-7,9-10,15H,8,11-14H2,1-5H3. The molecule has 5 nitrogen and oxygen atoms in total. The highest BCUT2D eigenvalue weighted by molar-refractivity contribution is 5.48. The molecule has 2 aromatic heterocycles. The fraction of sp³-hybridized carbons (Fsp3) is 0.565. The van der Waals surface area contributed by atoms with Crippen LogP contribution in [0.15, 0.2) is 24.5 Å². The summed E-state index contributed by atoms with van der Waals surface area (Å²) in [6.07, 6.45) is 5.68. The number of fused-ring (bicyclic) bond motifs is 2. The van der Waals surface area contributed by atoms with Crippen molar-refractivity contribution in [2.24, 2.45) is 0 Å². The van der Waals surface area contributed by atoms with Gasteiger partial charge in [-0.25, -0.2) is 4.98 Å². The third-order valence-electron chi connectivity index (χ3n) is 5.77. The summed E-state index contributed by atoms with van der Waals surface area (Å²) in [6.45, 7) is 13.1. The minimum absolute atomic E-state index is 0.0276. The monoisotopic (exact) mass is 382 g/mol. The van der Waals surface area contributed by atoms with Gasteiger partial charge >= 0.3 is 0 Å². The Morgan fingerprint density at radius 2 is 1.54 bits per heavy atom. The molecule has 0 aromatic carbocycles. The molecule has 150 valence electrons. The SMILES string of the molecule is CC(C)(C)c1ccnc2c1OCCC2CC(C)(C)c1ccnc2c1OCCO2. The molecule has 5 heteroatoms. The van der Waals surface area contributed by atoms with Crippen molar-refractivity contribution < 1.29 is 14.2 Å². The molecule has 2 aliphatic rings. The van der Waals surface area contributed by atoms with Crippen LogP contribution >= 0.6 is 0 Å². The number of ether oxygens (including phenoxy) is 3. The number of pyridine rings is 2. The van der Waals surface area contributed by atoms with E-state index in [1.165, 1.54) is 5.56 Å². The van der Waals surface area contributed by atoms with E-state index in [2.05, 4.69) is 51.7 Å². The lowest BCUT2D eigenvalue weighted by Crippen LogP contribution is -2.28. The highest BCUT2D eigenvalue weighted by atomic mass is 16.6. The summed E-state index contributed by atoms with van der Waals surface area (Å²) in [5, 5.41) is 0. The molecule has 0 radical (unpaired) electrons. The van der Waals surface area contributed by atoms with Crippen molar-refractivity contribution in [3.63, 3.8) is 0 Å². The molecule has 0 fully saturated rings. The van der Waals surface area contributed by atoms with Gasteiger partial charge in [-0.3, -0.25) is 4.98 Å². The lowest BCUT2D eigenvalue weighted by molar-refractivity contribution is 0.159. The van der Waals surface area contributed by atoms with E-state index in [1.54, 1.807) is 0 Å². The molecule has 2 aromatic rings. The Bertz CT molecular complexity index is 871. The van der Waals surface area contributed by atoms with Crippen molar-refractivity contribution in [1.29, 1.82) is 0 Å². The van der Waals surface area contributed by atoms with Crippen LogP contribution in [0.1, 0.15) is 70.2 Å². The van der Waals surface area contributed by atoms with Crippen LogP contribution in [0.3, 0.4) is 0 Å². The first kappa shape index (κ1) is 19.0. The Kier molecular flexibility index (Phi) is 4.72. The highest BCUT2D eigenvalue weighted by Crippen LogP contribution is 2.47. The van der Waals surface area contributed by atoms with E-state index in [4.69, 9.17) is 19.2 Å². The van der Waals surface area contributed by atoms with Gasteiger partial charge in [0.05, 0.1) is 12.3 Å². The van der Waals surface area contributed by atoms with Gasteiger partial charge in [0.2, 0.25) is 0 Å². The molecule has 4 heterocycles. The summed E-state index contributed by atoms with van der Waals surface area (Å²) in [5.74, 6) is 2.73. The van der Waals surface area contributed by atoms with Crippen molar-refractivity contribution in [2.45, 2.75) is 64.2 Å². The second-order valence-electron chi connectivity index (χ2n) is 9.43. The maximum Gasteiger partial charge on any atom is 0.257 e. The van der Waals surface area contributed by atoms with Crippen LogP contribution in [0.25, 0.3) is 0 Å². The molecule has 0 spiro atoms. The van der Waals surface area contributed by atoms with E-state index >= 15 is 0 Å². The second-order valence-corrected chi connectivity index (χ2v) is 9.43. The third-order valence-corrected chi connectivity index (χ3v) is 5.77. The molecular weight excluding hydrogens is 352 g/mol. The fourth-order valence-electron chi connectivity index (χ4n) is 4.35. The van der Waals surface area contributed by atoms with E-state index in [0.717, 1.165) is 42.2 Å². The molecule has 2 aliphatic heterocycles. The van der Waals surface area contributed by atoms with Gasteiger partial charge in [-0.05, 0) is 35.8 Å². The Balaban J connectivity index is 1.68.